The normalized spacial score (nSPS) is 10.7. The van der Waals surface area contributed by atoms with Gasteiger partial charge in [-0.3, -0.25) is 4.79 Å². The molecule has 1 aromatic heterocycles. The molecule has 0 aliphatic rings. The van der Waals surface area contributed by atoms with Crippen LogP contribution in [0.2, 0.25) is 5.02 Å². The standard InChI is InChI=1S/C17H11ClF3N3O4/c18-13-5-11(17(19,20)21)7-23-16(13)24-14(25)8-28-15(26)9-27-12-3-1-10(6-22)2-4-12/h1-5,7H,8-9H2,(H,23,24,25). The van der Waals surface area contributed by atoms with Gasteiger partial charge >= 0.3 is 12.1 Å². The molecule has 0 unspecified atom stereocenters. The molecule has 1 amide bonds. The monoisotopic (exact) mass is 413 g/mol. The number of ether oxygens (including phenoxy) is 2. The molecule has 146 valence electrons. The Balaban J connectivity index is 1.80. The lowest BCUT2D eigenvalue weighted by Crippen LogP contribution is -2.24. The Labute approximate surface area is 161 Å². The number of anilines is 1. The second-order valence-electron chi connectivity index (χ2n) is 5.19. The van der Waals surface area contributed by atoms with Crippen LogP contribution < -0.4 is 10.1 Å². The average Bonchev–Trinajstić information content (AvgIpc) is 2.66. The molecule has 11 heteroatoms. The molecule has 0 saturated heterocycles. The van der Waals surface area contributed by atoms with Gasteiger partial charge in [-0.1, -0.05) is 11.6 Å². The molecule has 2 rings (SSSR count). The van der Waals surface area contributed by atoms with Gasteiger partial charge in [-0.05, 0) is 30.3 Å². The predicted octanol–water partition coefficient (Wildman–Crippen LogP) is 3.19. The molecule has 28 heavy (non-hydrogen) atoms. The number of halogens is 4. The van der Waals surface area contributed by atoms with E-state index in [-0.39, 0.29) is 5.82 Å². The van der Waals surface area contributed by atoms with Crippen LogP contribution in [0.1, 0.15) is 11.1 Å². The highest BCUT2D eigenvalue weighted by Crippen LogP contribution is 2.32. The molecule has 0 spiro atoms. The summed E-state index contributed by atoms with van der Waals surface area (Å²) in [5.74, 6) is -1.68. The van der Waals surface area contributed by atoms with Crippen molar-refractivity contribution >= 4 is 29.3 Å². The number of hydrogen-bond acceptors (Lipinski definition) is 6. The van der Waals surface area contributed by atoms with Gasteiger partial charge < -0.3 is 14.8 Å². The summed E-state index contributed by atoms with van der Waals surface area (Å²) < 4.78 is 47.4. The molecule has 0 radical (unpaired) electrons. The Morgan fingerprint density at radius 1 is 1.21 bits per heavy atom. The van der Waals surface area contributed by atoms with Crippen LogP contribution in [0.5, 0.6) is 5.75 Å². The highest BCUT2D eigenvalue weighted by Gasteiger charge is 2.31. The number of hydrogen-bond donors (Lipinski definition) is 1. The summed E-state index contributed by atoms with van der Waals surface area (Å²) in [5.41, 5.74) is -0.649. The van der Waals surface area contributed by atoms with E-state index in [0.717, 1.165) is 0 Å². The summed E-state index contributed by atoms with van der Waals surface area (Å²) in [6.07, 6.45) is -4.11. The van der Waals surface area contributed by atoms with Crippen molar-refractivity contribution in [3.8, 4) is 11.8 Å². The first kappa shape index (κ1) is 21.0. The van der Waals surface area contributed by atoms with Gasteiger partial charge in [0, 0.05) is 6.20 Å². The Bertz CT molecular complexity index is 911. The number of alkyl halides is 3. The first-order chi connectivity index (χ1) is 13.2. The highest BCUT2D eigenvalue weighted by molar-refractivity contribution is 6.33. The Morgan fingerprint density at radius 2 is 1.89 bits per heavy atom. The summed E-state index contributed by atoms with van der Waals surface area (Å²) in [5, 5.41) is 10.4. The Hall–Kier alpha value is -3.32. The molecular formula is C17H11ClF3N3O4. The topological polar surface area (TPSA) is 101 Å². The predicted molar refractivity (Wildman–Crippen MR) is 90.5 cm³/mol. The van der Waals surface area contributed by atoms with Crippen LogP contribution in [-0.2, 0) is 20.5 Å². The van der Waals surface area contributed by atoms with Gasteiger partial charge in [-0.25, -0.2) is 9.78 Å². The first-order valence-corrected chi connectivity index (χ1v) is 7.88. The van der Waals surface area contributed by atoms with Crippen molar-refractivity contribution in [3.63, 3.8) is 0 Å². The van der Waals surface area contributed by atoms with Crippen LogP contribution >= 0.6 is 11.6 Å². The maximum absolute atomic E-state index is 12.5. The van der Waals surface area contributed by atoms with Crippen molar-refractivity contribution < 1.29 is 32.2 Å². The van der Waals surface area contributed by atoms with Crippen molar-refractivity contribution in [2.75, 3.05) is 18.5 Å². The fraction of sp³-hybridized carbons (Fsp3) is 0.176. The van der Waals surface area contributed by atoms with Crippen molar-refractivity contribution in [2.24, 2.45) is 0 Å². The lowest BCUT2D eigenvalue weighted by molar-refractivity contribution is -0.149. The Kier molecular flexibility index (Phi) is 6.79. The lowest BCUT2D eigenvalue weighted by atomic mass is 10.2. The van der Waals surface area contributed by atoms with E-state index in [0.29, 0.717) is 23.6 Å². The van der Waals surface area contributed by atoms with E-state index in [1.807, 2.05) is 6.07 Å². The zero-order chi connectivity index (χ0) is 20.7. The molecule has 0 aliphatic carbocycles. The zero-order valence-corrected chi connectivity index (χ0v) is 14.7. The number of rotatable bonds is 6. The van der Waals surface area contributed by atoms with E-state index in [1.54, 1.807) is 0 Å². The Morgan fingerprint density at radius 3 is 2.46 bits per heavy atom. The number of pyridine rings is 1. The molecule has 1 heterocycles. The molecule has 0 atom stereocenters. The first-order valence-electron chi connectivity index (χ1n) is 7.50. The van der Waals surface area contributed by atoms with Crippen molar-refractivity contribution in [3.05, 3.63) is 52.7 Å². The van der Waals surface area contributed by atoms with E-state index < -0.39 is 41.9 Å². The summed E-state index contributed by atoms with van der Waals surface area (Å²) in [6.45, 7) is -1.20. The molecule has 2 aromatic rings. The van der Waals surface area contributed by atoms with Crippen molar-refractivity contribution in [1.29, 1.82) is 5.26 Å². The molecule has 0 bridgehead atoms. The molecule has 1 aromatic carbocycles. The second-order valence-corrected chi connectivity index (χ2v) is 5.59. The van der Waals surface area contributed by atoms with Crippen LogP contribution in [0.15, 0.2) is 36.5 Å². The number of esters is 1. The number of nitrogens with one attached hydrogen (secondary N) is 1. The van der Waals surface area contributed by atoms with Crippen molar-refractivity contribution in [1.82, 2.24) is 4.98 Å². The van der Waals surface area contributed by atoms with Gasteiger partial charge in [-0.15, -0.1) is 0 Å². The SMILES string of the molecule is N#Cc1ccc(OCC(=O)OCC(=O)Nc2ncc(C(F)(F)F)cc2Cl)cc1. The molecule has 0 aliphatic heterocycles. The van der Waals surface area contributed by atoms with E-state index in [9.17, 15) is 22.8 Å². The van der Waals surface area contributed by atoms with Crippen LogP contribution in [0.4, 0.5) is 19.0 Å². The van der Waals surface area contributed by atoms with Crippen LogP contribution in [0.3, 0.4) is 0 Å². The fourth-order valence-corrected chi connectivity index (χ4v) is 2.02. The maximum atomic E-state index is 12.5. The highest BCUT2D eigenvalue weighted by atomic mass is 35.5. The van der Waals surface area contributed by atoms with Gasteiger partial charge in [0.25, 0.3) is 5.91 Å². The van der Waals surface area contributed by atoms with E-state index >= 15 is 0 Å². The third kappa shape index (κ3) is 6.14. The van der Waals surface area contributed by atoms with Crippen LogP contribution in [-0.4, -0.2) is 30.1 Å². The van der Waals surface area contributed by atoms with E-state index in [1.165, 1.54) is 24.3 Å². The minimum atomic E-state index is -4.62. The summed E-state index contributed by atoms with van der Waals surface area (Å²) in [4.78, 5) is 26.7. The number of benzene rings is 1. The third-order valence-corrected chi connectivity index (χ3v) is 3.42. The smallest absolute Gasteiger partial charge is 0.417 e. The quantitative estimate of drug-likeness (QED) is 0.730. The fourth-order valence-electron chi connectivity index (χ4n) is 1.81. The number of nitriles is 1. The maximum Gasteiger partial charge on any atom is 0.417 e. The third-order valence-electron chi connectivity index (χ3n) is 3.13. The van der Waals surface area contributed by atoms with Crippen molar-refractivity contribution in [2.45, 2.75) is 6.18 Å². The van der Waals surface area contributed by atoms with E-state index in [2.05, 4.69) is 15.0 Å². The number of carbonyl (C=O) groups excluding carboxylic acids is 2. The van der Waals surface area contributed by atoms with Crippen LogP contribution in [0, 0.1) is 11.3 Å². The van der Waals surface area contributed by atoms with Gasteiger partial charge in [-0.2, -0.15) is 18.4 Å². The summed E-state index contributed by atoms with van der Waals surface area (Å²) in [7, 11) is 0. The molecule has 7 nitrogen and oxygen atoms in total. The number of aromatic nitrogens is 1. The average molecular weight is 414 g/mol. The minimum absolute atomic E-state index is 0.301. The largest absolute Gasteiger partial charge is 0.482 e. The zero-order valence-electron chi connectivity index (χ0n) is 13.9. The minimum Gasteiger partial charge on any atom is -0.482 e. The summed E-state index contributed by atoms with van der Waals surface area (Å²) >= 11 is 5.66. The van der Waals surface area contributed by atoms with E-state index in [4.69, 9.17) is 21.6 Å². The van der Waals surface area contributed by atoms with Gasteiger partial charge in [0.15, 0.2) is 19.0 Å². The van der Waals surface area contributed by atoms with Gasteiger partial charge in [0.2, 0.25) is 0 Å². The second kappa shape index (κ2) is 9.05. The number of amides is 1. The lowest BCUT2D eigenvalue weighted by Gasteiger charge is -2.10. The molecule has 0 saturated carbocycles. The molecule has 1 N–H and O–H groups in total. The number of carbonyl (C=O) groups is 2. The van der Waals surface area contributed by atoms with Crippen LogP contribution in [0.25, 0.3) is 0 Å². The summed E-state index contributed by atoms with van der Waals surface area (Å²) in [6, 6.07) is 8.49. The molecular weight excluding hydrogens is 403 g/mol. The number of nitrogens with zero attached hydrogens (tertiary/aromatic N) is 2. The molecule has 0 fully saturated rings. The van der Waals surface area contributed by atoms with Gasteiger partial charge in [0.1, 0.15) is 5.75 Å². The van der Waals surface area contributed by atoms with Gasteiger partial charge in [0.05, 0.1) is 22.2 Å².